The number of aryl methyl sites for hydroxylation is 1. The summed E-state index contributed by atoms with van der Waals surface area (Å²) in [6.45, 7) is 4.61. The lowest BCUT2D eigenvalue weighted by Crippen LogP contribution is -2.53. The minimum Gasteiger partial charge on any atom is -0.340 e. The van der Waals surface area contributed by atoms with Gasteiger partial charge in [-0.15, -0.1) is 11.3 Å². The van der Waals surface area contributed by atoms with Crippen LogP contribution in [0, 0.1) is 5.92 Å². The maximum Gasteiger partial charge on any atom is 0.226 e. The molecule has 4 aliphatic rings. The molecule has 4 heterocycles. The third kappa shape index (κ3) is 4.00. The number of aromatic nitrogens is 2. The van der Waals surface area contributed by atoms with Crippen LogP contribution in [0.5, 0.6) is 0 Å². The molecule has 186 valence electrons. The maximum absolute atomic E-state index is 13.5. The average Bonchev–Trinajstić information content (AvgIpc) is 3.68. The van der Waals surface area contributed by atoms with Crippen LogP contribution in [0.15, 0.2) is 29.5 Å². The zero-order valence-electron chi connectivity index (χ0n) is 20.6. The molecule has 2 fully saturated rings. The van der Waals surface area contributed by atoms with Gasteiger partial charge in [-0.3, -0.25) is 14.7 Å². The number of rotatable bonds is 4. The van der Waals surface area contributed by atoms with Gasteiger partial charge in [0.25, 0.3) is 0 Å². The average molecular weight is 501 g/mol. The van der Waals surface area contributed by atoms with E-state index in [1.807, 2.05) is 6.21 Å². The minimum atomic E-state index is 0.0870. The highest BCUT2D eigenvalue weighted by Gasteiger charge is 2.34. The van der Waals surface area contributed by atoms with Crippen molar-refractivity contribution in [2.45, 2.75) is 57.5 Å². The van der Waals surface area contributed by atoms with Crippen LogP contribution >= 0.6 is 11.3 Å². The number of aliphatic imine (C=N–C) groups is 1. The number of carbonyl (C=O) groups is 1. The fourth-order valence-electron chi connectivity index (χ4n) is 6.57. The Balaban J connectivity index is 1.07. The van der Waals surface area contributed by atoms with Crippen molar-refractivity contribution in [3.63, 3.8) is 0 Å². The van der Waals surface area contributed by atoms with Crippen LogP contribution in [0.2, 0.25) is 0 Å². The van der Waals surface area contributed by atoms with Crippen LogP contribution in [0.25, 0.3) is 10.2 Å². The molecule has 1 saturated heterocycles. The molecule has 1 aromatic carbocycles. The maximum atomic E-state index is 13.5. The molecule has 0 spiro atoms. The molecule has 0 bridgehead atoms. The van der Waals surface area contributed by atoms with E-state index in [0.717, 1.165) is 79.7 Å². The van der Waals surface area contributed by atoms with Crippen molar-refractivity contribution in [2.75, 3.05) is 31.5 Å². The van der Waals surface area contributed by atoms with Gasteiger partial charge in [-0.2, -0.15) is 0 Å². The first-order valence-electron chi connectivity index (χ1n) is 13.4. The first-order valence-corrected chi connectivity index (χ1v) is 14.2. The lowest BCUT2D eigenvalue weighted by atomic mass is 9.86. The fraction of sp³-hybridized carbons (Fsp3) is 0.500. The minimum absolute atomic E-state index is 0.0870. The summed E-state index contributed by atoms with van der Waals surface area (Å²) in [6, 6.07) is 7.13. The number of carbonyl (C=O) groups excluding carboxylic acids is 1. The molecule has 36 heavy (non-hydrogen) atoms. The van der Waals surface area contributed by atoms with Crippen molar-refractivity contribution >= 4 is 45.2 Å². The summed E-state index contributed by atoms with van der Waals surface area (Å²) in [5.41, 5.74) is 4.78. The summed E-state index contributed by atoms with van der Waals surface area (Å²) in [7, 11) is 0. The Morgan fingerprint density at radius 1 is 1.06 bits per heavy atom. The molecule has 3 aromatic rings. The van der Waals surface area contributed by atoms with Crippen LogP contribution in [0.1, 0.15) is 53.7 Å². The second kappa shape index (κ2) is 9.23. The number of amides is 1. The molecule has 2 aliphatic heterocycles. The summed E-state index contributed by atoms with van der Waals surface area (Å²) < 4.78 is 0. The van der Waals surface area contributed by atoms with E-state index < -0.39 is 0 Å². The number of nitrogens with zero attached hydrogens (tertiary/aromatic N) is 5. The molecule has 0 radical (unpaired) electrons. The third-order valence-electron chi connectivity index (χ3n) is 8.56. The first-order chi connectivity index (χ1) is 17.7. The van der Waals surface area contributed by atoms with Gasteiger partial charge in [-0.05, 0) is 60.9 Å². The van der Waals surface area contributed by atoms with Crippen LogP contribution in [-0.2, 0) is 24.2 Å². The molecule has 8 heteroatoms. The van der Waals surface area contributed by atoms with E-state index in [9.17, 15) is 4.79 Å². The van der Waals surface area contributed by atoms with Gasteiger partial charge >= 0.3 is 0 Å². The fourth-order valence-corrected chi connectivity index (χ4v) is 7.83. The van der Waals surface area contributed by atoms with Crippen LogP contribution in [0.4, 0.5) is 11.5 Å². The number of hydrogen-bond donors (Lipinski definition) is 1. The van der Waals surface area contributed by atoms with Gasteiger partial charge in [0, 0.05) is 54.9 Å². The van der Waals surface area contributed by atoms with Gasteiger partial charge in [0.05, 0.1) is 11.9 Å². The lowest BCUT2D eigenvalue weighted by Gasteiger charge is -2.39. The van der Waals surface area contributed by atoms with E-state index in [4.69, 9.17) is 0 Å². The smallest absolute Gasteiger partial charge is 0.226 e. The number of nitrogens with one attached hydrogen (secondary N) is 1. The molecule has 1 N–H and O–H groups in total. The van der Waals surface area contributed by atoms with Crippen LogP contribution < -0.4 is 5.32 Å². The highest BCUT2D eigenvalue weighted by Crippen LogP contribution is 2.41. The number of hydrogen-bond acceptors (Lipinski definition) is 7. The number of piperazine rings is 1. The van der Waals surface area contributed by atoms with Crippen molar-refractivity contribution in [3.05, 3.63) is 46.1 Å². The van der Waals surface area contributed by atoms with Gasteiger partial charge in [-0.1, -0.05) is 18.9 Å². The first kappa shape index (κ1) is 22.4. The summed E-state index contributed by atoms with van der Waals surface area (Å²) in [6.07, 6.45) is 11.6. The van der Waals surface area contributed by atoms with Gasteiger partial charge < -0.3 is 10.2 Å². The monoisotopic (exact) mass is 500 g/mol. The molecule has 1 saturated carbocycles. The molecule has 7 nitrogen and oxygen atoms in total. The molecule has 1 unspecified atom stereocenters. The van der Waals surface area contributed by atoms with Gasteiger partial charge in [-0.25, -0.2) is 9.97 Å². The topological polar surface area (TPSA) is 73.7 Å². The molecule has 7 rings (SSSR count). The van der Waals surface area contributed by atoms with Gasteiger partial charge in [0.2, 0.25) is 5.91 Å². The predicted octanol–water partition coefficient (Wildman–Crippen LogP) is 4.56. The Kier molecular flexibility index (Phi) is 5.73. The zero-order valence-corrected chi connectivity index (χ0v) is 21.4. The highest BCUT2D eigenvalue weighted by molar-refractivity contribution is 7.19. The quantitative estimate of drug-likeness (QED) is 0.569. The van der Waals surface area contributed by atoms with Crippen molar-refractivity contribution < 1.29 is 4.79 Å². The van der Waals surface area contributed by atoms with E-state index >= 15 is 0 Å². The van der Waals surface area contributed by atoms with Gasteiger partial charge in [0.1, 0.15) is 17.0 Å². The van der Waals surface area contributed by atoms with Crippen LogP contribution in [0.3, 0.4) is 0 Å². The largest absolute Gasteiger partial charge is 0.340 e. The van der Waals surface area contributed by atoms with Gasteiger partial charge in [0.15, 0.2) is 0 Å². The zero-order chi connectivity index (χ0) is 24.1. The van der Waals surface area contributed by atoms with E-state index in [2.05, 4.69) is 48.3 Å². The number of benzene rings is 1. The van der Waals surface area contributed by atoms with Crippen molar-refractivity contribution in [2.24, 2.45) is 10.9 Å². The van der Waals surface area contributed by atoms with E-state index in [1.54, 1.807) is 17.7 Å². The molecular weight excluding hydrogens is 468 g/mol. The van der Waals surface area contributed by atoms with E-state index in [0.29, 0.717) is 5.91 Å². The SMILES string of the molecule is O=C(C1CCc2c(sc3ncnc(Nc4ccc5c(c4)C=NC5)c23)C1)N1CCN(C2CCCC2)CC1. The number of anilines is 2. The number of thiophene rings is 1. The molecule has 1 amide bonds. The second-order valence-corrected chi connectivity index (χ2v) is 11.7. The Morgan fingerprint density at radius 3 is 2.78 bits per heavy atom. The lowest BCUT2D eigenvalue weighted by molar-refractivity contribution is -0.138. The predicted molar refractivity (Wildman–Crippen MR) is 144 cm³/mol. The third-order valence-corrected chi connectivity index (χ3v) is 9.72. The Bertz CT molecular complexity index is 1340. The Hall–Kier alpha value is -2.84. The highest BCUT2D eigenvalue weighted by atomic mass is 32.1. The summed E-state index contributed by atoms with van der Waals surface area (Å²) >= 11 is 1.74. The number of fused-ring (bicyclic) bond motifs is 4. The normalized spacial score (nSPS) is 22.2. The van der Waals surface area contributed by atoms with Crippen molar-refractivity contribution in [1.82, 2.24) is 19.8 Å². The molecular formula is C28H32N6OS. The molecule has 1 atom stereocenters. The standard InChI is InChI=1S/C28H32N6OS/c35-28(34-11-9-33(10-12-34)22-3-1-2-4-22)18-6-8-23-24(14-18)36-27-25(23)26(30-17-31-27)32-21-7-5-19-15-29-16-20(19)13-21/h5,7,13,16-18,22H,1-4,6,8-12,14-15H2,(H,30,31,32). The second-order valence-electron chi connectivity index (χ2n) is 10.7. The molecule has 2 aliphatic carbocycles. The summed E-state index contributed by atoms with van der Waals surface area (Å²) in [5.74, 6) is 1.30. The van der Waals surface area contributed by atoms with Crippen molar-refractivity contribution in [3.8, 4) is 0 Å². The summed E-state index contributed by atoms with van der Waals surface area (Å²) in [5, 5.41) is 4.67. The molecule has 2 aromatic heterocycles. The van der Waals surface area contributed by atoms with E-state index in [1.165, 1.54) is 47.3 Å². The summed E-state index contributed by atoms with van der Waals surface area (Å²) in [4.78, 5) is 34.1. The van der Waals surface area contributed by atoms with Crippen LogP contribution in [-0.4, -0.2) is 64.1 Å². The Morgan fingerprint density at radius 2 is 1.92 bits per heavy atom. The van der Waals surface area contributed by atoms with Crippen molar-refractivity contribution in [1.29, 1.82) is 0 Å². The van der Waals surface area contributed by atoms with E-state index in [-0.39, 0.29) is 5.92 Å². The Labute approximate surface area is 215 Å².